The van der Waals surface area contributed by atoms with Gasteiger partial charge in [0.05, 0.1) is 19.0 Å². The zero-order valence-corrected chi connectivity index (χ0v) is 18.0. The molecule has 1 heterocycles. The van der Waals surface area contributed by atoms with Crippen molar-refractivity contribution in [2.24, 2.45) is 0 Å². The van der Waals surface area contributed by atoms with Crippen LogP contribution in [0.4, 0.5) is 0 Å². The van der Waals surface area contributed by atoms with Crippen LogP contribution in [0, 0.1) is 0 Å². The molecule has 7 heteroatoms. The van der Waals surface area contributed by atoms with Crippen molar-refractivity contribution in [3.63, 3.8) is 0 Å². The maximum absolute atomic E-state index is 12.4. The summed E-state index contributed by atoms with van der Waals surface area (Å²) < 4.78 is 12.9. The van der Waals surface area contributed by atoms with Crippen molar-refractivity contribution in [3.8, 4) is 28.6 Å². The number of benzene rings is 2. The Morgan fingerprint density at radius 1 is 1.03 bits per heavy atom. The van der Waals surface area contributed by atoms with Crippen molar-refractivity contribution in [3.05, 3.63) is 48.5 Å². The molecule has 1 saturated carbocycles. The van der Waals surface area contributed by atoms with Gasteiger partial charge in [0, 0.05) is 17.7 Å². The van der Waals surface area contributed by atoms with Crippen LogP contribution < -0.4 is 9.47 Å². The molecule has 0 amide bonds. The van der Waals surface area contributed by atoms with Gasteiger partial charge in [0.2, 0.25) is 0 Å². The van der Waals surface area contributed by atoms with E-state index in [9.17, 15) is 4.79 Å². The first-order chi connectivity index (χ1) is 14.7. The third-order valence-electron chi connectivity index (χ3n) is 5.13. The number of ketones is 1. The number of carbonyl (C=O) groups is 1. The number of ether oxygens (including phenoxy) is 2. The summed E-state index contributed by atoms with van der Waals surface area (Å²) in [5, 5.41) is 9.60. The molecular formula is C23H25N3O3S. The van der Waals surface area contributed by atoms with Crippen LogP contribution >= 0.6 is 11.8 Å². The predicted molar refractivity (Wildman–Crippen MR) is 118 cm³/mol. The summed E-state index contributed by atoms with van der Waals surface area (Å²) >= 11 is 1.52. The molecule has 0 bridgehead atoms. The minimum Gasteiger partial charge on any atom is -0.497 e. The van der Waals surface area contributed by atoms with E-state index in [1.54, 1.807) is 7.11 Å². The van der Waals surface area contributed by atoms with Gasteiger partial charge < -0.3 is 9.47 Å². The minimum atomic E-state index is -0.0619. The zero-order valence-electron chi connectivity index (χ0n) is 17.2. The Morgan fingerprint density at radius 3 is 2.43 bits per heavy atom. The van der Waals surface area contributed by atoms with Gasteiger partial charge in [-0.15, -0.1) is 10.2 Å². The van der Waals surface area contributed by atoms with Gasteiger partial charge >= 0.3 is 0 Å². The van der Waals surface area contributed by atoms with E-state index < -0.39 is 0 Å². The monoisotopic (exact) mass is 423 g/mol. The Hall–Kier alpha value is -2.80. The van der Waals surface area contributed by atoms with Crippen LogP contribution in [0.15, 0.2) is 53.7 Å². The molecule has 1 fully saturated rings. The van der Waals surface area contributed by atoms with Gasteiger partial charge in [-0.1, -0.05) is 18.2 Å². The average molecular weight is 424 g/mol. The van der Waals surface area contributed by atoms with Crippen LogP contribution in [0.2, 0.25) is 0 Å². The number of carbonyl (C=O) groups excluding carboxylic acids is 1. The highest BCUT2D eigenvalue weighted by Gasteiger charge is 2.27. The fraction of sp³-hybridized carbons (Fsp3) is 0.348. The Bertz CT molecular complexity index is 1000. The zero-order chi connectivity index (χ0) is 20.9. The Labute approximate surface area is 180 Å². The fourth-order valence-corrected chi connectivity index (χ4v) is 4.74. The standard InChI is InChI=1S/C23H25N3O3S/c1-3-29-19-14-10-17(11-15-19)26-22(16-8-12-18(28-2)13-9-16)24-25-23(26)30-21-7-5-4-6-20(21)27/h8-15,21H,3-7H2,1-2H3/t21-/m0/s1. The first kappa shape index (κ1) is 20.5. The van der Waals surface area contributed by atoms with E-state index in [0.717, 1.165) is 53.0 Å². The molecule has 0 radical (unpaired) electrons. The van der Waals surface area contributed by atoms with Crippen molar-refractivity contribution in [2.75, 3.05) is 13.7 Å². The molecule has 4 rings (SSSR count). The van der Waals surface area contributed by atoms with Gasteiger partial charge in [0.15, 0.2) is 11.0 Å². The summed E-state index contributed by atoms with van der Waals surface area (Å²) in [4.78, 5) is 12.4. The quantitative estimate of drug-likeness (QED) is 0.536. The number of aromatic nitrogens is 3. The third kappa shape index (κ3) is 4.36. The Morgan fingerprint density at radius 2 is 1.77 bits per heavy atom. The van der Waals surface area contributed by atoms with Crippen LogP contribution in [0.1, 0.15) is 32.6 Å². The van der Waals surface area contributed by atoms with Gasteiger partial charge in [0.25, 0.3) is 0 Å². The first-order valence-electron chi connectivity index (χ1n) is 10.2. The predicted octanol–water partition coefficient (Wildman–Crippen LogP) is 4.95. The smallest absolute Gasteiger partial charge is 0.196 e. The molecule has 0 aliphatic heterocycles. The Balaban J connectivity index is 1.74. The number of methoxy groups -OCH3 is 1. The van der Waals surface area contributed by atoms with Gasteiger partial charge in [-0.2, -0.15) is 0 Å². The summed E-state index contributed by atoms with van der Waals surface area (Å²) in [6, 6.07) is 15.6. The van der Waals surface area contributed by atoms with E-state index in [2.05, 4.69) is 10.2 Å². The molecule has 1 aliphatic rings. The SMILES string of the molecule is CCOc1ccc(-n2c(S[C@H]3CCCCC3=O)nnc2-c2ccc(OC)cc2)cc1. The summed E-state index contributed by atoms with van der Waals surface area (Å²) in [6.45, 7) is 2.58. The molecule has 1 aliphatic carbocycles. The molecule has 2 aromatic carbocycles. The summed E-state index contributed by atoms with van der Waals surface area (Å²) in [5.41, 5.74) is 1.86. The minimum absolute atomic E-state index is 0.0619. The lowest BCUT2D eigenvalue weighted by atomic mass is 9.99. The number of hydrogen-bond donors (Lipinski definition) is 0. The molecule has 1 aromatic heterocycles. The van der Waals surface area contributed by atoms with E-state index in [0.29, 0.717) is 18.8 Å². The molecule has 30 heavy (non-hydrogen) atoms. The lowest BCUT2D eigenvalue weighted by Crippen LogP contribution is -2.21. The number of Topliss-reactive ketones (excluding diaryl/α,β-unsaturated/α-hetero) is 1. The van der Waals surface area contributed by atoms with Gasteiger partial charge in [-0.3, -0.25) is 9.36 Å². The van der Waals surface area contributed by atoms with Crippen LogP contribution in [-0.4, -0.2) is 39.5 Å². The van der Waals surface area contributed by atoms with E-state index >= 15 is 0 Å². The highest BCUT2D eigenvalue weighted by molar-refractivity contribution is 8.00. The largest absolute Gasteiger partial charge is 0.497 e. The van der Waals surface area contributed by atoms with Crippen molar-refractivity contribution in [1.82, 2.24) is 14.8 Å². The highest BCUT2D eigenvalue weighted by Crippen LogP contribution is 2.35. The van der Waals surface area contributed by atoms with E-state index in [-0.39, 0.29) is 5.25 Å². The van der Waals surface area contributed by atoms with E-state index in [4.69, 9.17) is 9.47 Å². The van der Waals surface area contributed by atoms with Gasteiger partial charge in [-0.05, 0) is 68.3 Å². The molecule has 0 spiro atoms. The number of rotatable bonds is 7. The van der Waals surface area contributed by atoms with E-state index in [1.165, 1.54) is 11.8 Å². The third-order valence-corrected chi connectivity index (χ3v) is 6.39. The summed E-state index contributed by atoms with van der Waals surface area (Å²) in [6.07, 6.45) is 3.60. The molecule has 0 unspecified atom stereocenters. The fourth-order valence-electron chi connectivity index (χ4n) is 3.57. The summed E-state index contributed by atoms with van der Waals surface area (Å²) in [5.74, 6) is 2.64. The van der Waals surface area contributed by atoms with Gasteiger partial charge in [-0.25, -0.2) is 0 Å². The lowest BCUT2D eigenvalue weighted by molar-refractivity contribution is -0.119. The maximum Gasteiger partial charge on any atom is 0.196 e. The summed E-state index contributed by atoms with van der Waals surface area (Å²) in [7, 11) is 1.65. The van der Waals surface area contributed by atoms with Crippen LogP contribution in [0.3, 0.4) is 0 Å². The second-order valence-electron chi connectivity index (χ2n) is 7.12. The van der Waals surface area contributed by atoms with Crippen LogP contribution in [-0.2, 0) is 4.79 Å². The van der Waals surface area contributed by atoms with Crippen molar-refractivity contribution in [2.45, 2.75) is 43.0 Å². The van der Waals surface area contributed by atoms with Crippen molar-refractivity contribution < 1.29 is 14.3 Å². The topological polar surface area (TPSA) is 66.2 Å². The first-order valence-corrected chi connectivity index (χ1v) is 11.1. The van der Waals surface area contributed by atoms with Crippen molar-refractivity contribution >= 4 is 17.5 Å². The molecule has 3 aromatic rings. The second-order valence-corrected chi connectivity index (χ2v) is 8.29. The number of hydrogen-bond acceptors (Lipinski definition) is 6. The molecule has 0 saturated heterocycles. The number of thioether (sulfide) groups is 1. The van der Waals surface area contributed by atoms with Crippen LogP contribution in [0.25, 0.3) is 17.1 Å². The molecular weight excluding hydrogens is 398 g/mol. The molecule has 6 nitrogen and oxygen atoms in total. The van der Waals surface area contributed by atoms with E-state index in [1.807, 2.05) is 60.0 Å². The Kier molecular flexibility index (Phi) is 6.38. The molecule has 156 valence electrons. The van der Waals surface area contributed by atoms with Gasteiger partial charge in [0.1, 0.15) is 17.3 Å². The molecule has 0 N–H and O–H groups in total. The normalized spacial score (nSPS) is 16.5. The number of nitrogens with zero attached hydrogens (tertiary/aromatic N) is 3. The lowest BCUT2D eigenvalue weighted by Gasteiger charge is -2.20. The van der Waals surface area contributed by atoms with Crippen LogP contribution in [0.5, 0.6) is 11.5 Å². The molecule has 1 atom stereocenters. The van der Waals surface area contributed by atoms with Crippen molar-refractivity contribution in [1.29, 1.82) is 0 Å². The highest BCUT2D eigenvalue weighted by atomic mass is 32.2. The maximum atomic E-state index is 12.4. The average Bonchev–Trinajstić information content (AvgIpc) is 3.20. The second kappa shape index (κ2) is 9.34.